The molecule has 1 nitrogen and oxygen atoms in total. The smallest absolute Gasteiger partial charge is 0.195 e. The van der Waals surface area contributed by atoms with E-state index in [2.05, 4.69) is 13.5 Å². The molecule has 2 rings (SSSR count). The predicted octanol–water partition coefficient (Wildman–Crippen LogP) is 8.06. The van der Waals surface area contributed by atoms with Crippen LogP contribution in [0.25, 0.3) is 0 Å². The molecule has 150 valence electrons. The molecule has 0 saturated heterocycles. The van der Waals surface area contributed by atoms with Gasteiger partial charge in [0.2, 0.25) is 0 Å². The van der Waals surface area contributed by atoms with Gasteiger partial charge in [0.1, 0.15) is 6.07 Å². The SMILES string of the molecule is C=C(C1CCC(CC/C=C/C=C(\F)C#N)CC1)C1CCC(CCCC)CC1. The minimum absolute atomic E-state index is 0.718. The molecule has 27 heavy (non-hydrogen) atoms. The van der Waals surface area contributed by atoms with Gasteiger partial charge in [-0.1, -0.05) is 50.5 Å². The van der Waals surface area contributed by atoms with E-state index in [0.29, 0.717) is 0 Å². The van der Waals surface area contributed by atoms with E-state index in [1.54, 1.807) is 11.6 Å². The van der Waals surface area contributed by atoms with E-state index in [0.717, 1.165) is 30.1 Å². The molecular formula is C25H38FN. The van der Waals surface area contributed by atoms with Gasteiger partial charge in [-0.3, -0.25) is 0 Å². The van der Waals surface area contributed by atoms with Crippen LogP contribution in [0.2, 0.25) is 0 Å². The van der Waals surface area contributed by atoms with E-state index in [1.165, 1.54) is 89.2 Å². The van der Waals surface area contributed by atoms with Crippen LogP contribution in [0.4, 0.5) is 4.39 Å². The number of nitriles is 1. The predicted molar refractivity (Wildman–Crippen MR) is 113 cm³/mol. The summed E-state index contributed by atoms with van der Waals surface area (Å²) in [4.78, 5) is 0. The van der Waals surface area contributed by atoms with Gasteiger partial charge in [0.25, 0.3) is 0 Å². The maximum absolute atomic E-state index is 12.7. The number of hydrogen-bond acceptors (Lipinski definition) is 1. The fourth-order valence-electron chi connectivity index (χ4n) is 5.09. The number of halogens is 1. The summed E-state index contributed by atoms with van der Waals surface area (Å²) in [7, 11) is 0. The van der Waals surface area contributed by atoms with E-state index in [9.17, 15) is 4.39 Å². The Hall–Kier alpha value is -1.36. The molecule has 0 amide bonds. The van der Waals surface area contributed by atoms with Crippen LogP contribution in [0.3, 0.4) is 0 Å². The molecule has 0 aromatic rings. The molecule has 0 aliphatic heterocycles. The highest BCUT2D eigenvalue weighted by Gasteiger charge is 2.29. The quantitative estimate of drug-likeness (QED) is 0.228. The summed E-state index contributed by atoms with van der Waals surface area (Å²) in [5.74, 6) is 2.60. The second kappa shape index (κ2) is 12.2. The van der Waals surface area contributed by atoms with Crippen LogP contribution in [0.5, 0.6) is 0 Å². The van der Waals surface area contributed by atoms with Gasteiger partial charge in [-0.15, -0.1) is 0 Å². The second-order valence-electron chi connectivity index (χ2n) is 8.78. The number of unbranched alkanes of at least 4 members (excludes halogenated alkanes) is 1. The summed E-state index contributed by atoms with van der Waals surface area (Å²) in [6.45, 7) is 6.84. The van der Waals surface area contributed by atoms with Crippen molar-refractivity contribution in [3.05, 3.63) is 36.2 Å². The highest BCUT2D eigenvalue weighted by atomic mass is 19.1. The summed E-state index contributed by atoms with van der Waals surface area (Å²) in [5.41, 5.74) is 1.57. The zero-order chi connectivity index (χ0) is 19.5. The van der Waals surface area contributed by atoms with Crippen molar-refractivity contribution < 1.29 is 4.39 Å². The van der Waals surface area contributed by atoms with E-state index in [1.807, 2.05) is 6.08 Å². The average Bonchev–Trinajstić information content (AvgIpc) is 2.72. The monoisotopic (exact) mass is 371 g/mol. The Morgan fingerprint density at radius 3 is 2.07 bits per heavy atom. The Balaban J connectivity index is 1.64. The molecule has 2 aliphatic rings. The van der Waals surface area contributed by atoms with Gasteiger partial charge in [0.15, 0.2) is 5.83 Å². The lowest BCUT2D eigenvalue weighted by Gasteiger charge is -2.36. The molecule has 2 saturated carbocycles. The first kappa shape index (κ1) is 21.9. The Bertz CT molecular complexity index is 537. The van der Waals surface area contributed by atoms with Crippen molar-refractivity contribution in [2.75, 3.05) is 0 Å². The van der Waals surface area contributed by atoms with Crippen molar-refractivity contribution in [1.29, 1.82) is 5.26 Å². The number of rotatable bonds is 9. The molecule has 0 unspecified atom stereocenters. The normalized spacial score (nSPS) is 29.6. The largest absolute Gasteiger partial charge is 0.199 e. The van der Waals surface area contributed by atoms with Crippen LogP contribution in [-0.4, -0.2) is 0 Å². The van der Waals surface area contributed by atoms with Crippen LogP contribution >= 0.6 is 0 Å². The maximum atomic E-state index is 12.7. The Labute approximate surface area is 166 Å². The number of nitrogens with zero attached hydrogens (tertiary/aromatic N) is 1. The van der Waals surface area contributed by atoms with Gasteiger partial charge < -0.3 is 0 Å². The molecule has 2 fully saturated rings. The highest BCUT2D eigenvalue weighted by molar-refractivity contribution is 5.18. The zero-order valence-electron chi connectivity index (χ0n) is 17.3. The summed E-state index contributed by atoms with van der Waals surface area (Å²) < 4.78 is 12.7. The third-order valence-electron chi connectivity index (χ3n) is 6.94. The summed E-state index contributed by atoms with van der Waals surface area (Å²) in [5, 5.41) is 8.37. The van der Waals surface area contributed by atoms with Gasteiger partial charge >= 0.3 is 0 Å². The van der Waals surface area contributed by atoms with Crippen LogP contribution < -0.4 is 0 Å². The van der Waals surface area contributed by atoms with Crippen molar-refractivity contribution in [1.82, 2.24) is 0 Å². The molecule has 0 atom stereocenters. The van der Waals surface area contributed by atoms with Gasteiger partial charge in [0.05, 0.1) is 0 Å². The summed E-state index contributed by atoms with van der Waals surface area (Å²) >= 11 is 0. The molecule has 2 heteroatoms. The van der Waals surface area contributed by atoms with Gasteiger partial charge in [-0.25, -0.2) is 0 Å². The van der Waals surface area contributed by atoms with Crippen LogP contribution in [0.1, 0.15) is 90.4 Å². The molecule has 0 spiro atoms. The van der Waals surface area contributed by atoms with Crippen LogP contribution in [0.15, 0.2) is 36.2 Å². The maximum Gasteiger partial charge on any atom is 0.199 e. The standard InChI is InChI=1S/C25H38FN/c1-3-4-8-21-11-15-23(16-12-21)20(2)24-17-13-22(14-18-24)9-6-5-7-10-25(26)19-27/h5,7,10,21-24H,2-4,6,8-9,11-18H2,1H3/b7-5+,25-10-. The van der Waals surface area contributed by atoms with E-state index >= 15 is 0 Å². The first-order chi connectivity index (χ1) is 13.1. The van der Waals surface area contributed by atoms with E-state index in [-0.39, 0.29) is 0 Å². The zero-order valence-corrected chi connectivity index (χ0v) is 17.3. The van der Waals surface area contributed by atoms with Gasteiger partial charge in [-0.05, 0) is 94.0 Å². The first-order valence-electron chi connectivity index (χ1n) is 11.2. The molecule has 0 aromatic carbocycles. The second-order valence-corrected chi connectivity index (χ2v) is 8.78. The summed E-state index contributed by atoms with van der Waals surface area (Å²) in [6.07, 6.45) is 22.1. The summed E-state index contributed by atoms with van der Waals surface area (Å²) in [6, 6.07) is 1.49. The Kier molecular flexibility index (Phi) is 9.89. The van der Waals surface area contributed by atoms with Crippen LogP contribution in [-0.2, 0) is 0 Å². The molecular weight excluding hydrogens is 333 g/mol. The number of allylic oxidation sites excluding steroid dienone is 5. The average molecular weight is 372 g/mol. The lowest BCUT2D eigenvalue weighted by Crippen LogP contribution is -2.23. The minimum atomic E-state index is -0.718. The molecule has 2 aliphatic carbocycles. The van der Waals surface area contributed by atoms with E-state index in [4.69, 9.17) is 5.26 Å². The fraction of sp³-hybridized carbons (Fsp3) is 0.720. The Morgan fingerprint density at radius 2 is 1.56 bits per heavy atom. The third kappa shape index (κ3) is 7.65. The van der Waals surface area contributed by atoms with Crippen molar-refractivity contribution in [3.63, 3.8) is 0 Å². The van der Waals surface area contributed by atoms with E-state index < -0.39 is 5.83 Å². The molecule has 0 aromatic heterocycles. The Morgan fingerprint density at radius 1 is 1.00 bits per heavy atom. The number of hydrogen-bond donors (Lipinski definition) is 0. The van der Waals surface area contributed by atoms with Crippen LogP contribution in [0, 0.1) is 35.0 Å². The molecule has 0 radical (unpaired) electrons. The van der Waals surface area contributed by atoms with Crippen molar-refractivity contribution >= 4 is 0 Å². The topological polar surface area (TPSA) is 23.8 Å². The molecule has 0 heterocycles. The molecule has 0 N–H and O–H groups in total. The minimum Gasteiger partial charge on any atom is -0.195 e. The van der Waals surface area contributed by atoms with Crippen molar-refractivity contribution in [3.8, 4) is 6.07 Å². The lowest BCUT2D eigenvalue weighted by atomic mass is 9.70. The molecule has 0 bridgehead atoms. The van der Waals surface area contributed by atoms with Gasteiger partial charge in [0, 0.05) is 0 Å². The first-order valence-corrected chi connectivity index (χ1v) is 11.2. The third-order valence-corrected chi connectivity index (χ3v) is 6.94. The van der Waals surface area contributed by atoms with Gasteiger partial charge in [-0.2, -0.15) is 9.65 Å². The fourth-order valence-corrected chi connectivity index (χ4v) is 5.09. The lowest BCUT2D eigenvalue weighted by molar-refractivity contribution is 0.240. The van der Waals surface area contributed by atoms with Crippen molar-refractivity contribution in [2.24, 2.45) is 23.7 Å². The van der Waals surface area contributed by atoms with Crippen molar-refractivity contribution in [2.45, 2.75) is 90.4 Å². The highest BCUT2D eigenvalue weighted by Crippen LogP contribution is 2.42.